The number of nitrogens with one attached hydrogen (secondary N) is 1. The molecule has 1 N–H and O–H groups in total. The van der Waals surface area contributed by atoms with Crippen LogP contribution < -0.4 is 14.8 Å². The van der Waals surface area contributed by atoms with Crippen molar-refractivity contribution in [3.63, 3.8) is 0 Å². The van der Waals surface area contributed by atoms with E-state index in [9.17, 15) is 22.8 Å². The van der Waals surface area contributed by atoms with Crippen molar-refractivity contribution in [2.45, 2.75) is 56.8 Å². The molecule has 1 fully saturated rings. The molecule has 3 rings (SSSR count). The van der Waals surface area contributed by atoms with Crippen LogP contribution in [0.15, 0.2) is 42.7 Å². The lowest BCUT2D eigenvalue weighted by Crippen LogP contribution is -2.51. The summed E-state index contributed by atoms with van der Waals surface area (Å²) in [6.45, 7) is -0.334. The van der Waals surface area contributed by atoms with Crippen molar-refractivity contribution in [2.75, 3.05) is 20.8 Å². The Morgan fingerprint density at radius 3 is 2.31 bits per heavy atom. The van der Waals surface area contributed by atoms with Crippen LogP contribution in [0.4, 0.5) is 13.2 Å². The Hall–Kier alpha value is -3.30. The summed E-state index contributed by atoms with van der Waals surface area (Å²) in [5.41, 5.74) is 0.891. The first-order chi connectivity index (χ1) is 16.7. The number of pyridine rings is 1. The number of methoxy groups -OCH3 is 2. The number of benzene rings is 1. The summed E-state index contributed by atoms with van der Waals surface area (Å²) >= 11 is 0. The largest absolute Gasteiger partial charge is 0.493 e. The van der Waals surface area contributed by atoms with Crippen molar-refractivity contribution < 1.29 is 32.2 Å². The van der Waals surface area contributed by atoms with Crippen molar-refractivity contribution >= 4 is 11.8 Å². The van der Waals surface area contributed by atoms with Crippen molar-refractivity contribution in [3.8, 4) is 11.5 Å². The van der Waals surface area contributed by atoms with Gasteiger partial charge in [0.05, 0.1) is 14.2 Å². The third-order valence-electron chi connectivity index (χ3n) is 6.13. The molecule has 1 aromatic carbocycles. The molecule has 35 heavy (non-hydrogen) atoms. The molecule has 1 unspecified atom stereocenters. The van der Waals surface area contributed by atoms with Gasteiger partial charge in [0.25, 0.3) is 0 Å². The fraction of sp³-hybridized carbons (Fsp3) is 0.480. The Kier molecular flexibility index (Phi) is 8.95. The molecule has 2 amide bonds. The number of amides is 2. The minimum absolute atomic E-state index is 0.0699. The SMILES string of the molecule is COc1ccc(CCN(C(=O)C(F)(F)F)C(C(=O)NC2CCCCC2)c2ccncc2)cc1OC. The summed E-state index contributed by atoms with van der Waals surface area (Å²) in [6.07, 6.45) is 2.16. The first kappa shape index (κ1) is 26.3. The topological polar surface area (TPSA) is 80.8 Å². The highest BCUT2D eigenvalue weighted by Gasteiger charge is 2.46. The Bertz CT molecular complexity index is 995. The summed E-state index contributed by atoms with van der Waals surface area (Å²) < 4.78 is 51.5. The highest BCUT2D eigenvalue weighted by molar-refractivity contribution is 5.91. The third kappa shape index (κ3) is 6.86. The van der Waals surface area contributed by atoms with E-state index in [0.29, 0.717) is 22.0 Å². The fourth-order valence-electron chi connectivity index (χ4n) is 4.34. The summed E-state index contributed by atoms with van der Waals surface area (Å²) in [5.74, 6) is -1.81. The zero-order valence-electron chi connectivity index (χ0n) is 19.8. The van der Waals surface area contributed by atoms with Gasteiger partial charge in [-0.1, -0.05) is 25.3 Å². The highest BCUT2D eigenvalue weighted by atomic mass is 19.4. The van der Waals surface area contributed by atoms with E-state index in [-0.39, 0.29) is 24.6 Å². The second-order valence-electron chi connectivity index (χ2n) is 8.46. The molecule has 7 nitrogen and oxygen atoms in total. The molecule has 0 saturated heterocycles. The van der Waals surface area contributed by atoms with Crippen LogP contribution >= 0.6 is 0 Å². The van der Waals surface area contributed by atoms with E-state index in [4.69, 9.17) is 9.47 Å². The summed E-state index contributed by atoms with van der Waals surface area (Å²) in [5, 5.41) is 2.88. The van der Waals surface area contributed by atoms with Crippen molar-refractivity contribution in [1.82, 2.24) is 15.2 Å². The van der Waals surface area contributed by atoms with E-state index in [0.717, 1.165) is 32.1 Å². The predicted molar refractivity (Wildman–Crippen MR) is 123 cm³/mol. The average molecular weight is 494 g/mol. The first-order valence-electron chi connectivity index (χ1n) is 11.5. The fourth-order valence-corrected chi connectivity index (χ4v) is 4.34. The number of aromatic nitrogens is 1. The lowest BCUT2D eigenvalue weighted by Gasteiger charge is -2.33. The van der Waals surface area contributed by atoms with Crippen LogP contribution in [-0.4, -0.2) is 54.7 Å². The van der Waals surface area contributed by atoms with Gasteiger partial charge >= 0.3 is 12.1 Å². The summed E-state index contributed by atoms with van der Waals surface area (Å²) in [4.78, 5) is 30.4. The number of alkyl halides is 3. The summed E-state index contributed by atoms with van der Waals surface area (Å²) in [7, 11) is 2.93. The van der Waals surface area contributed by atoms with Crippen LogP contribution in [0.1, 0.15) is 49.3 Å². The van der Waals surface area contributed by atoms with Gasteiger partial charge in [0.1, 0.15) is 6.04 Å². The second kappa shape index (κ2) is 11.9. The highest BCUT2D eigenvalue weighted by Crippen LogP contribution is 2.31. The molecule has 1 saturated carbocycles. The lowest BCUT2D eigenvalue weighted by atomic mass is 9.94. The van der Waals surface area contributed by atoms with Crippen LogP contribution in [0, 0.1) is 0 Å². The normalized spacial score (nSPS) is 15.2. The van der Waals surface area contributed by atoms with Gasteiger partial charge in [-0.25, -0.2) is 0 Å². The standard InChI is InChI=1S/C25H30F3N3O4/c1-34-20-9-8-17(16-21(20)35-2)12-15-31(24(33)25(26,27)28)22(18-10-13-29-14-11-18)23(32)30-19-6-4-3-5-7-19/h8-11,13-14,16,19,22H,3-7,12,15H2,1-2H3,(H,30,32). The van der Waals surface area contributed by atoms with Gasteiger partial charge in [0.15, 0.2) is 11.5 Å². The molecule has 0 radical (unpaired) electrons. The molecule has 1 heterocycles. The number of carbonyl (C=O) groups is 2. The number of rotatable bonds is 9. The van der Waals surface area contributed by atoms with Gasteiger partial charge in [-0.3, -0.25) is 14.6 Å². The van der Waals surface area contributed by atoms with Crippen molar-refractivity contribution in [1.29, 1.82) is 0 Å². The molecule has 1 aliphatic carbocycles. The van der Waals surface area contributed by atoms with E-state index >= 15 is 0 Å². The number of halogens is 3. The minimum Gasteiger partial charge on any atom is -0.493 e. The maximum absolute atomic E-state index is 13.7. The molecule has 10 heteroatoms. The Morgan fingerprint density at radius 2 is 1.71 bits per heavy atom. The summed E-state index contributed by atoms with van der Waals surface area (Å²) in [6, 6.07) is 6.29. The smallest absolute Gasteiger partial charge is 0.471 e. The van der Waals surface area contributed by atoms with Crippen LogP contribution in [0.5, 0.6) is 11.5 Å². The average Bonchev–Trinajstić information content (AvgIpc) is 2.86. The Balaban J connectivity index is 1.92. The molecule has 1 atom stereocenters. The number of ether oxygens (including phenoxy) is 2. The third-order valence-corrected chi connectivity index (χ3v) is 6.13. The van der Waals surface area contributed by atoms with E-state index in [2.05, 4.69) is 10.3 Å². The molecular weight excluding hydrogens is 463 g/mol. The molecule has 0 aliphatic heterocycles. The van der Waals surface area contributed by atoms with Gasteiger partial charge in [0.2, 0.25) is 5.91 Å². The quantitative estimate of drug-likeness (QED) is 0.566. The molecule has 0 spiro atoms. The van der Waals surface area contributed by atoms with Gasteiger partial charge in [-0.15, -0.1) is 0 Å². The Labute approximate surface area is 202 Å². The zero-order chi connectivity index (χ0) is 25.4. The molecule has 190 valence electrons. The van der Waals surface area contributed by atoms with Crippen LogP contribution in [0.25, 0.3) is 0 Å². The Morgan fingerprint density at radius 1 is 1.06 bits per heavy atom. The second-order valence-corrected chi connectivity index (χ2v) is 8.46. The molecule has 1 aromatic heterocycles. The van der Waals surface area contributed by atoms with Crippen molar-refractivity contribution in [3.05, 3.63) is 53.9 Å². The maximum atomic E-state index is 13.7. The van der Waals surface area contributed by atoms with Crippen molar-refractivity contribution in [2.24, 2.45) is 0 Å². The lowest BCUT2D eigenvalue weighted by molar-refractivity contribution is -0.188. The predicted octanol–water partition coefficient (Wildman–Crippen LogP) is 4.22. The molecule has 2 aromatic rings. The van der Waals surface area contributed by atoms with E-state index in [1.807, 2.05) is 0 Å². The van der Waals surface area contributed by atoms with Gasteiger partial charge in [0, 0.05) is 25.0 Å². The molecular formula is C25H30F3N3O4. The van der Waals surface area contributed by atoms with Gasteiger partial charge < -0.3 is 19.7 Å². The number of hydrogen-bond donors (Lipinski definition) is 1. The van der Waals surface area contributed by atoms with Crippen LogP contribution in [-0.2, 0) is 16.0 Å². The number of hydrogen-bond acceptors (Lipinski definition) is 5. The van der Waals surface area contributed by atoms with Crippen LogP contribution in [0.2, 0.25) is 0 Å². The van der Waals surface area contributed by atoms with Gasteiger partial charge in [-0.05, 0) is 54.7 Å². The van der Waals surface area contributed by atoms with Gasteiger partial charge in [-0.2, -0.15) is 13.2 Å². The maximum Gasteiger partial charge on any atom is 0.471 e. The molecule has 0 bridgehead atoms. The number of nitrogens with zero attached hydrogens (tertiary/aromatic N) is 2. The minimum atomic E-state index is -5.14. The van der Waals surface area contributed by atoms with E-state index in [1.165, 1.54) is 38.7 Å². The van der Waals surface area contributed by atoms with E-state index in [1.54, 1.807) is 18.2 Å². The number of carbonyl (C=O) groups excluding carboxylic acids is 2. The molecule has 1 aliphatic rings. The zero-order valence-corrected chi connectivity index (χ0v) is 19.8. The van der Waals surface area contributed by atoms with Crippen LogP contribution in [0.3, 0.4) is 0 Å². The van der Waals surface area contributed by atoms with E-state index < -0.39 is 24.0 Å². The first-order valence-corrected chi connectivity index (χ1v) is 11.5. The monoisotopic (exact) mass is 493 g/mol.